The van der Waals surface area contributed by atoms with Crippen LogP contribution in [0.1, 0.15) is 41.9 Å². The number of carbonyl (C=O) groups excluding carboxylic acids is 1. The van der Waals surface area contributed by atoms with E-state index in [1.54, 1.807) is 0 Å². The van der Waals surface area contributed by atoms with Crippen molar-refractivity contribution < 1.29 is 4.79 Å². The second-order valence-corrected chi connectivity index (χ2v) is 9.67. The second kappa shape index (κ2) is 7.73. The first-order valence-electron chi connectivity index (χ1n) is 11.4. The summed E-state index contributed by atoms with van der Waals surface area (Å²) >= 11 is 0. The normalized spacial score (nSPS) is 30.5. The monoisotopic (exact) mass is 403 g/mol. The van der Waals surface area contributed by atoms with Crippen molar-refractivity contribution in [1.29, 1.82) is 0 Å². The highest BCUT2D eigenvalue weighted by Gasteiger charge is 2.52. The van der Waals surface area contributed by atoms with Gasteiger partial charge in [0.1, 0.15) is 0 Å². The summed E-state index contributed by atoms with van der Waals surface area (Å²) in [6, 6.07) is 18.2. The molecule has 0 radical (unpaired) electrons. The average molecular weight is 404 g/mol. The number of aryl methyl sites for hydroxylation is 1. The predicted octanol–water partition coefficient (Wildman–Crippen LogP) is 3.56. The van der Waals surface area contributed by atoms with E-state index in [1.807, 2.05) is 0 Å². The fourth-order valence-electron chi connectivity index (χ4n) is 6.46. The highest BCUT2D eigenvalue weighted by Crippen LogP contribution is 2.51. The number of hydrogen-bond acceptors (Lipinski definition) is 3. The van der Waals surface area contributed by atoms with E-state index in [0.717, 1.165) is 45.3 Å². The summed E-state index contributed by atoms with van der Waals surface area (Å²) in [7, 11) is 4.22. The number of likely N-dealkylation sites (tertiary alicyclic amines) is 1. The molecule has 2 aromatic carbocycles. The van der Waals surface area contributed by atoms with Crippen LogP contribution in [0.2, 0.25) is 0 Å². The van der Waals surface area contributed by atoms with Crippen LogP contribution in [0.3, 0.4) is 0 Å². The number of nitrogens with zero attached hydrogens (tertiary/aromatic N) is 2. The number of benzene rings is 2. The lowest BCUT2D eigenvalue weighted by molar-refractivity contribution is -0.123. The molecule has 0 aromatic heterocycles. The quantitative estimate of drug-likeness (QED) is 0.793. The predicted molar refractivity (Wildman–Crippen MR) is 122 cm³/mol. The van der Waals surface area contributed by atoms with Crippen molar-refractivity contribution in [2.75, 3.05) is 38.6 Å². The number of amides is 1. The van der Waals surface area contributed by atoms with E-state index >= 15 is 0 Å². The lowest BCUT2D eigenvalue weighted by Gasteiger charge is -2.45. The molecule has 2 aliphatic heterocycles. The Labute approximate surface area is 180 Å². The van der Waals surface area contributed by atoms with Gasteiger partial charge in [-0.3, -0.25) is 4.79 Å². The van der Waals surface area contributed by atoms with Crippen LogP contribution in [0.25, 0.3) is 0 Å². The highest BCUT2D eigenvalue weighted by atomic mass is 16.1. The molecule has 0 saturated carbocycles. The molecule has 4 atom stereocenters. The summed E-state index contributed by atoms with van der Waals surface area (Å²) in [5, 5.41) is 3.73. The first-order valence-corrected chi connectivity index (χ1v) is 11.4. The molecule has 2 saturated heterocycles. The molecular formula is C26H33N3O. The Morgan fingerprint density at radius 3 is 2.77 bits per heavy atom. The zero-order chi connectivity index (χ0) is 20.7. The van der Waals surface area contributed by atoms with Gasteiger partial charge in [-0.1, -0.05) is 36.4 Å². The number of hydrogen-bond donors (Lipinski definition) is 1. The van der Waals surface area contributed by atoms with Gasteiger partial charge < -0.3 is 15.1 Å². The van der Waals surface area contributed by atoms with Crippen LogP contribution in [0.5, 0.6) is 0 Å². The van der Waals surface area contributed by atoms with Gasteiger partial charge >= 0.3 is 0 Å². The molecule has 3 aliphatic rings. The van der Waals surface area contributed by atoms with Gasteiger partial charge in [0, 0.05) is 56.8 Å². The Morgan fingerprint density at radius 2 is 2.00 bits per heavy atom. The highest BCUT2D eigenvalue weighted by molar-refractivity contribution is 5.55. The summed E-state index contributed by atoms with van der Waals surface area (Å²) in [4.78, 5) is 16.3. The van der Waals surface area contributed by atoms with Gasteiger partial charge in [0.25, 0.3) is 0 Å². The number of rotatable bonds is 4. The van der Waals surface area contributed by atoms with E-state index in [4.69, 9.17) is 0 Å². The molecule has 2 unspecified atom stereocenters. The fraction of sp³-hybridized carbons (Fsp3) is 0.500. The molecule has 4 nitrogen and oxygen atoms in total. The topological polar surface area (TPSA) is 35.6 Å². The van der Waals surface area contributed by atoms with Crippen molar-refractivity contribution in [3.8, 4) is 0 Å². The maximum Gasteiger partial charge on any atom is 0.209 e. The van der Waals surface area contributed by atoms with Crippen LogP contribution in [0.15, 0.2) is 48.5 Å². The first-order chi connectivity index (χ1) is 14.6. The Bertz CT molecular complexity index is 912. The largest absolute Gasteiger partial charge is 0.378 e. The SMILES string of the molecule is CN(C)c1ccc2c(c1)CC[C@]21CNC[C@H]1C1CC(c2ccccc2)CCN1C=O. The molecule has 0 bridgehead atoms. The van der Waals surface area contributed by atoms with Gasteiger partial charge in [-0.05, 0) is 60.4 Å². The van der Waals surface area contributed by atoms with Gasteiger partial charge in [0.15, 0.2) is 0 Å². The number of carbonyl (C=O) groups is 1. The molecule has 1 spiro atoms. The third-order valence-electron chi connectivity index (χ3n) is 8.06. The Kier molecular flexibility index (Phi) is 5.06. The molecule has 1 N–H and O–H groups in total. The minimum Gasteiger partial charge on any atom is -0.378 e. The molecule has 4 heteroatoms. The summed E-state index contributed by atoms with van der Waals surface area (Å²) in [5.41, 5.74) is 5.89. The smallest absolute Gasteiger partial charge is 0.209 e. The minimum atomic E-state index is 0.157. The van der Waals surface area contributed by atoms with E-state index in [0.29, 0.717) is 17.9 Å². The Balaban J connectivity index is 1.48. The third kappa shape index (κ3) is 3.13. The Hall–Kier alpha value is -2.33. The van der Waals surface area contributed by atoms with Crippen molar-refractivity contribution >= 4 is 12.1 Å². The average Bonchev–Trinajstić information content (AvgIpc) is 3.38. The number of anilines is 1. The second-order valence-electron chi connectivity index (χ2n) is 9.67. The summed E-state index contributed by atoms with van der Waals surface area (Å²) in [5.74, 6) is 1.02. The first kappa shape index (κ1) is 19.6. The number of fused-ring (bicyclic) bond motifs is 2. The standard InChI is InChI=1S/C26H33N3O/c1-28(2)22-8-9-23-21(14-22)10-12-26(23)17-27-16-24(26)25-15-20(11-13-29(25)18-30)19-6-4-3-5-7-19/h3-9,14,18,20,24-25,27H,10-13,15-17H2,1-2H3/t20?,24-,25?,26-/m0/s1. The summed E-state index contributed by atoms with van der Waals surface area (Å²) < 4.78 is 0. The fourth-order valence-corrected chi connectivity index (χ4v) is 6.46. The van der Waals surface area contributed by atoms with Gasteiger partial charge in [-0.2, -0.15) is 0 Å². The molecule has 2 fully saturated rings. The van der Waals surface area contributed by atoms with Crippen LogP contribution in [-0.2, 0) is 16.6 Å². The van der Waals surface area contributed by atoms with Crippen LogP contribution >= 0.6 is 0 Å². The van der Waals surface area contributed by atoms with E-state index in [1.165, 1.54) is 28.8 Å². The van der Waals surface area contributed by atoms with Gasteiger partial charge in [0.2, 0.25) is 6.41 Å². The molecule has 30 heavy (non-hydrogen) atoms. The molecule has 2 heterocycles. The van der Waals surface area contributed by atoms with E-state index in [9.17, 15) is 4.79 Å². The summed E-state index contributed by atoms with van der Waals surface area (Å²) in [6.45, 7) is 2.91. The van der Waals surface area contributed by atoms with Crippen LogP contribution in [0, 0.1) is 5.92 Å². The molecule has 158 valence electrons. The zero-order valence-electron chi connectivity index (χ0n) is 18.2. The van der Waals surface area contributed by atoms with Crippen molar-refractivity contribution in [3.05, 3.63) is 65.2 Å². The third-order valence-corrected chi connectivity index (χ3v) is 8.06. The summed E-state index contributed by atoms with van der Waals surface area (Å²) in [6.07, 6.45) is 5.58. The van der Waals surface area contributed by atoms with Gasteiger partial charge in [-0.25, -0.2) is 0 Å². The number of nitrogens with one attached hydrogen (secondary N) is 1. The molecule has 1 aliphatic carbocycles. The van der Waals surface area contributed by atoms with E-state index < -0.39 is 0 Å². The molecule has 5 rings (SSSR count). The van der Waals surface area contributed by atoms with Crippen molar-refractivity contribution in [2.24, 2.45) is 5.92 Å². The zero-order valence-corrected chi connectivity index (χ0v) is 18.2. The molecular weight excluding hydrogens is 370 g/mol. The number of piperidine rings is 1. The van der Waals surface area contributed by atoms with E-state index in [2.05, 4.69) is 77.7 Å². The lowest BCUT2D eigenvalue weighted by atomic mass is 9.67. The van der Waals surface area contributed by atoms with Crippen LogP contribution < -0.4 is 10.2 Å². The maximum absolute atomic E-state index is 12.0. The van der Waals surface area contributed by atoms with Crippen molar-refractivity contribution in [2.45, 2.75) is 43.1 Å². The van der Waals surface area contributed by atoms with Crippen LogP contribution in [0.4, 0.5) is 5.69 Å². The molecule has 1 amide bonds. The maximum atomic E-state index is 12.0. The Morgan fingerprint density at radius 1 is 1.17 bits per heavy atom. The van der Waals surface area contributed by atoms with Gasteiger partial charge in [0.05, 0.1) is 0 Å². The van der Waals surface area contributed by atoms with Crippen molar-refractivity contribution in [1.82, 2.24) is 10.2 Å². The van der Waals surface area contributed by atoms with Crippen molar-refractivity contribution in [3.63, 3.8) is 0 Å². The minimum absolute atomic E-state index is 0.157. The van der Waals surface area contributed by atoms with Gasteiger partial charge in [-0.15, -0.1) is 0 Å². The van der Waals surface area contributed by atoms with Crippen LogP contribution in [-0.4, -0.2) is 51.1 Å². The van der Waals surface area contributed by atoms with E-state index in [-0.39, 0.29) is 5.41 Å². The lowest BCUT2D eigenvalue weighted by Crippen LogP contribution is -2.51. The molecule has 2 aromatic rings.